The summed E-state index contributed by atoms with van der Waals surface area (Å²) >= 11 is 0. The third kappa shape index (κ3) is 2.64. The molecule has 0 radical (unpaired) electrons. The number of nitrogens with one attached hydrogen (secondary N) is 1. The molecule has 0 fully saturated rings. The van der Waals surface area contributed by atoms with Crippen LogP contribution in [0.25, 0.3) is 38.4 Å². The zero-order chi connectivity index (χ0) is 22.9. The quantitative estimate of drug-likeness (QED) is 0.435. The summed E-state index contributed by atoms with van der Waals surface area (Å²) in [6.07, 6.45) is 1.38. The second-order valence-corrected chi connectivity index (χ2v) is 8.08. The van der Waals surface area contributed by atoms with Gasteiger partial charge in [0.15, 0.2) is 0 Å². The molecule has 33 heavy (non-hydrogen) atoms. The Balaban J connectivity index is 1.65. The summed E-state index contributed by atoms with van der Waals surface area (Å²) in [5.74, 6) is 0.727. The predicted molar refractivity (Wildman–Crippen MR) is 127 cm³/mol. The lowest BCUT2D eigenvalue weighted by molar-refractivity contribution is 0.102. The number of nitrogens with zero attached hydrogens (tertiary/aromatic N) is 4. The molecule has 8 heteroatoms. The summed E-state index contributed by atoms with van der Waals surface area (Å²) in [7, 11) is 1.59. The summed E-state index contributed by atoms with van der Waals surface area (Å²) in [6.45, 7) is 3.61. The van der Waals surface area contributed by atoms with Crippen molar-refractivity contribution in [1.29, 1.82) is 0 Å². The van der Waals surface area contributed by atoms with Crippen molar-refractivity contribution in [3.05, 3.63) is 82.4 Å². The number of aromatic nitrogens is 4. The largest absolute Gasteiger partial charge is 0.442 e. The molecule has 0 spiro atoms. The minimum atomic E-state index is -0.423. The average molecular weight is 437 g/mol. The van der Waals surface area contributed by atoms with E-state index in [9.17, 15) is 9.59 Å². The summed E-state index contributed by atoms with van der Waals surface area (Å²) in [4.78, 5) is 35.3. The van der Waals surface area contributed by atoms with Crippen molar-refractivity contribution in [3.63, 3.8) is 0 Å². The van der Waals surface area contributed by atoms with E-state index in [0.29, 0.717) is 11.4 Å². The van der Waals surface area contributed by atoms with E-state index < -0.39 is 5.91 Å². The van der Waals surface area contributed by atoms with Gasteiger partial charge in [0.1, 0.15) is 23.3 Å². The molecule has 0 aliphatic rings. The molecular formula is C25H19N5O3. The van der Waals surface area contributed by atoms with Crippen LogP contribution in [0, 0.1) is 13.8 Å². The zero-order valence-corrected chi connectivity index (χ0v) is 18.2. The van der Waals surface area contributed by atoms with Gasteiger partial charge in [-0.3, -0.25) is 14.0 Å². The number of anilines is 1. The third-order valence-corrected chi connectivity index (χ3v) is 6.05. The van der Waals surface area contributed by atoms with Gasteiger partial charge >= 0.3 is 0 Å². The van der Waals surface area contributed by atoms with Gasteiger partial charge in [0.05, 0.1) is 27.8 Å². The van der Waals surface area contributed by atoms with Crippen molar-refractivity contribution in [2.45, 2.75) is 13.8 Å². The van der Waals surface area contributed by atoms with E-state index >= 15 is 0 Å². The molecule has 1 amide bonds. The minimum absolute atomic E-state index is 0.151. The first kappa shape index (κ1) is 19.2. The second-order valence-electron chi connectivity index (χ2n) is 8.08. The van der Waals surface area contributed by atoms with E-state index in [1.165, 1.54) is 10.9 Å². The highest BCUT2D eigenvalue weighted by molar-refractivity contribution is 6.21. The molecule has 0 saturated heterocycles. The number of para-hydroxylation sites is 2. The van der Waals surface area contributed by atoms with Gasteiger partial charge in [-0.2, -0.15) is 0 Å². The van der Waals surface area contributed by atoms with Crippen molar-refractivity contribution < 1.29 is 9.21 Å². The number of benzene rings is 2. The molecule has 6 aromatic rings. The van der Waals surface area contributed by atoms with Crippen LogP contribution in [0.3, 0.4) is 0 Å². The van der Waals surface area contributed by atoms with Crippen molar-refractivity contribution in [2.24, 2.45) is 7.05 Å². The van der Waals surface area contributed by atoms with Crippen molar-refractivity contribution in [2.75, 3.05) is 5.32 Å². The fraction of sp³-hybridized carbons (Fsp3) is 0.120. The van der Waals surface area contributed by atoms with E-state index in [-0.39, 0.29) is 22.2 Å². The van der Waals surface area contributed by atoms with Crippen molar-refractivity contribution >= 4 is 50.0 Å². The highest BCUT2D eigenvalue weighted by atomic mass is 16.3. The molecule has 0 atom stereocenters. The molecule has 0 aliphatic carbocycles. The molecule has 0 bridgehead atoms. The van der Waals surface area contributed by atoms with Gasteiger partial charge in [0, 0.05) is 17.8 Å². The normalized spacial score (nSPS) is 11.7. The van der Waals surface area contributed by atoms with Crippen LogP contribution in [0.5, 0.6) is 0 Å². The number of amides is 1. The van der Waals surface area contributed by atoms with Gasteiger partial charge in [-0.15, -0.1) is 0 Å². The van der Waals surface area contributed by atoms with E-state index in [1.54, 1.807) is 14.0 Å². The van der Waals surface area contributed by atoms with E-state index in [2.05, 4.69) is 10.3 Å². The Hall–Kier alpha value is -4.46. The molecule has 4 aromatic heterocycles. The Morgan fingerprint density at radius 3 is 2.58 bits per heavy atom. The first-order chi connectivity index (χ1) is 16.0. The zero-order valence-electron chi connectivity index (χ0n) is 18.2. The van der Waals surface area contributed by atoms with Crippen molar-refractivity contribution in [1.82, 2.24) is 18.9 Å². The Morgan fingerprint density at radius 1 is 1.03 bits per heavy atom. The summed E-state index contributed by atoms with van der Waals surface area (Å²) in [5.41, 5.74) is 3.29. The predicted octanol–water partition coefficient (Wildman–Crippen LogP) is 4.35. The molecule has 4 heterocycles. The van der Waals surface area contributed by atoms with Crippen LogP contribution in [-0.2, 0) is 7.05 Å². The Morgan fingerprint density at radius 2 is 1.76 bits per heavy atom. The molecule has 2 aromatic carbocycles. The molecule has 0 saturated carbocycles. The van der Waals surface area contributed by atoms with Gasteiger partial charge in [0.2, 0.25) is 5.71 Å². The lowest BCUT2D eigenvalue weighted by Gasteiger charge is -2.09. The minimum Gasteiger partial charge on any atom is -0.442 e. The molecule has 6 rings (SSSR count). The lowest BCUT2D eigenvalue weighted by Crippen LogP contribution is -2.20. The van der Waals surface area contributed by atoms with E-state index in [1.807, 2.05) is 59.9 Å². The van der Waals surface area contributed by atoms with E-state index in [4.69, 9.17) is 9.40 Å². The highest BCUT2D eigenvalue weighted by Crippen LogP contribution is 2.37. The van der Waals surface area contributed by atoms with Crippen LogP contribution < -0.4 is 10.9 Å². The Kier molecular flexibility index (Phi) is 3.95. The topological polar surface area (TPSA) is 94.4 Å². The number of furan rings is 1. The average Bonchev–Trinajstić information content (AvgIpc) is 3.32. The number of hydrogen-bond acceptors (Lipinski definition) is 5. The fourth-order valence-corrected chi connectivity index (χ4v) is 4.59. The molecule has 1 N–H and O–H groups in total. The number of fused-ring (bicyclic) bond motifs is 6. The Bertz CT molecular complexity index is 1820. The second kappa shape index (κ2) is 6.77. The number of rotatable bonds is 2. The van der Waals surface area contributed by atoms with Crippen LogP contribution in [0.4, 0.5) is 5.69 Å². The molecule has 162 valence electrons. The number of hydrogen-bond donors (Lipinski definition) is 1. The molecule has 8 nitrogen and oxygen atoms in total. The maximum Gasteiger partial charge on any atom is 0.265 e. The summed E-state index contributed by atoms with van der Waals surface area (Å²) in [5, 5.41) is 5.05. The fourth-order valence-electron chi connectivity index (χ4n) is 4.59. The monoisotopic (exact) mass is 437 g/mol. The Labute approximate surface area is 187 Å². The van der Waals surface area contributed by atoms with Crippen LogP contribution in [0.1, 0.15) is 21.9 Å². The third-order valence-electron chi connectivity index (χ3n) is 6.05. The van der Waals surface area contributed by atoms with Crippen LogP contribution >= 0.6 is 0 Å². The summed E-state index contributed by atoms with van der Waals surface area (Å²) in [6, 6.07) is 15.7. The van der Waals surface area contributed by atoms with Crippen molar-refractivity contribution in [3.8, 4) is 0 Å². The van der Waals surface area contributed by atoms with Gasteiger partial charge in [-0.1, -0.05) is 36.4 Å². The first-order valence-electron chi connectivity index (χ1n) is 10.5. The van der Waals surface area contributed by atoms with Gasteiger partial charge in [-0.25, -0.2) is 9.97 Å². The van der Waals surface area contributed by atoms with E-state index in [0.717, 1.165) is 33.1 Å². The lowest BCUT2D eigenvalue weighted by atomic mass is 10.1. The molecular weight excluding hydrogens is 418 g/mol. The molecule has 0 aliphatic heterocycles. The molecule has 0 unspecified atom stereocenters. The van der Waals surface area contributed by atoms with Crippen LogP contribution in [0.15, 0.2) is 64.1 Å². The first-order valence-corrected chi connectivity index (χ1v) is 10.5. The van der Waals surface area contributed by atoms with Crippen LogP contribution in [-0.4, -0.2) is 24.8 Å². The van der Waals surface area contributed by atoms with Gasteiger partial charge < -0.3 is 14.3 Å². The number of carbonyl (C=O) groups is 1. The smallest absolute Gasteiger partial charge is 0.265 e. The highest BCUT2D eigenvalue weighted by Gasteiger charge is 2.25. The number of aryl methyl sites for hydroxylation is 3. The van der Waals surface area contributed by atoms with Gasteiger partial charge in [-0.05, 0) is 26.0 Å². The summed E-state index contributed by atoms with van der Waals surface area (Å²) < 4.78 is 9.02. The van der Waals surface area contributed by atoms with Crippen LogP contribution in [0.2, 0.25) is 0 Å². The standard InChI is InChI=1S/C25H19N5O3/c1-13-19(20-24(33-13)26-12-29(3)25(20)32)23(31)28-21-16-9-5-7-11-18(16)30-14(2)27-17-10-6-4-8-15(17)22(21)30/h4-12H,1-3H3,(H,28,31). The van der Waals surface area contributed by atoms with Gasteiger partial charge in [0.25, 0.3) is 11.5 Å². The number of carbonyl (C=O) groups excluding carboxylic acids is 1. The maximum absolute atomic E-state index is 13.6. The maximum atomic E-state index is 13.6. The SMILES string of the molecule is Cc1oc2ncn(C)c(=O)c2c1C(=O)Nc1c2ccccc2n2c(C)nc3ccccc3c12.